The fourth-order valence-corrected chi connectivity index (χ4v) is 5.08. The highest BCUT2D eigenvalue weighted by atomic mass is 79.9. The van der Waals surface area contributed by atoms with Gasteiger partial charge in [-0.3, -0.25) is 0 Å². The summed E-state index contributed by atoms with van der Waals surface area (Å²) in [6, 6.07) is 20.1. The van der Waals surface area contributed by atoms with Crippen LogP contribution in [0.1, 0.15) is 22.9 Å². The SMILES string of the molecule is Cc1ccc(CSc2nnc3c(n2)O[C@@H](c2cc4c(cc2Br)OCO4)Nc2ccccc2-3)cc1. The maximum Gasteiger partial charge on any atom is 0.247 e. The summed E-state index contributed by atoms with van der Waals surface area (Å²) in [6.07, 6.45) is -0.530. The van der Waals surface area contributed by atoms with Gasteiger partial charge in [0.05, 0.1) is 0 Å². The lowest BCUT2D eigenvalue weighted by atomic mass is 10.1. The van der Waals surface area contributed by atoms with Crippen LogP contribution in [-0.2, 0) is 5.75 Å². The molecule has 6 rings (SSSR count). The van der Waals surface area contributed by atoms with Crippen molar-refractivity contribution < 1.29 is 14.2 Å². The van der Waals surface area contributed by atoms with Crippen LogP contribution in [0, 0.1) is 6.92 Å². The van der Waals surface area contributed by atoms with Crippen molar-refractivity contribution in [2.75, 3.05) is 12.1 Å². The van der Waals surface area contributed by atoms with Crippen LogP contribution in [0.2, 0.25) is 0 Å². The molecule has 1 atom stereocenters. The summed E-state index contributed by atoms with van der Waals surface area (Å²) in [5, 5.41) is 12.9. The van der Waals surface area contributed by atoms with E-state index in [1.807, 2.05) is 36.4 Å². The van der Waals surface area contributed by atoms with Crippen LogP contribution in [0.3, 0.4) is 0 Å². The number of nitrogens with one attached hydrogen (secondary N) is 1. The van der Waals surface area contributed by atoms with E-state index in [1.54, 1.807) is 0 Å². The van der Waals surface area contributed by atoms with Crippen molar-refractivity contribution in [1.29, 1.82) is 0 Å². The van der Waals surface area contributed by atoms with E-state index in [9.17, 15) is 0 Å². The number of aryl methyl sites for hydroxylation is 1. The molecule has 0 fully saturated rings. The normalized spacial score (nSPS) is 15.5. The monoisotopic (exact) mass is 534 g/mol. The van der Waals surface area contributed by atoms with Gasteiger partial charge in [0.15, 0.2) is 23.4 Å². The lowest BCUT2D eigenvalue weighted by molar-refractivity contribution is 0.173. The van der Waals surface area contributed by atoms with Crippen molar-refractivity contribution in [3.05, 3.63) is 81.8 Å². The molecule has 0 radical (unpaired) electrons. The summed E-state index contributed by atoms with van der Waals surface area (Å²) in [4.78, 5) is 4.74. The van der Waals surface area contributed by atoms with Gasteiger partial charge in [0.1, 0.15) is 0 Å². The molecule has 2 aliphatic heterocycles. The average Bonchev–Trinajstić information content (AvgIpc) is 3.23. The zero-order valence-electron chi connectivity index (χ0n) is 18.1. The Kier molecular flexibility index (Phi) is 5.50. The summed E-state index contributed by atoms with van der Waals surface area (Å²) in [5.41, 5.74) is 5.65. The smallest absolute Gasteiger partial charge is 0.247 e. The van der Waals surface area contributed by atoms with E-state index < -0.39 is 6.23 Å². The van der Waals surface area contributed by atoms with Crippen LogP contribution in [-0.4, -0.2) is 22.0 Å². The third kappa shape index (κ3) is 4.05. The molecule has 9 heteroatoms. The van der Waals surface area contributed by atoms with Crippen LogP contribution in [0.15, 0.2) is 70.3 Å². The summed E-state index contributed by atoms with van der Waals surface area (Å²) in [5.74, 6) is 2.54. The van der Waals surface area contributed by atoms with Crippen molar-refractivity contribution in [3.8, 4) is 28.6 Å². The second kappa shape index (κ2) is 8.81. The van der Waals surface area contributed by atoms with Crippen LogP contribution in [0.5, 0.6) is 17.4 Å². The molecule has 0 spiro atoms. The maximum atomic E-state index is 6.41. The average molecular weight is 535 g/mol. The van der Waals surface area contributed by atoms with Crippen molar-refractivity contribution in [2.24, 2.45) is 0 Å². The van der Waals surface area contributed by atoms with Crippen LogP contribution >= 0.6 is 27.7 Å². The highest BCUT2D eigenvalue weighted by molar-refractivity contribution is 9.10. The van der Waals surface area contributed by atoms with Gasteiger partial charge in [-0.25, -0.2) is 0 Å². The van der Waals surface area contributed by atoms with Crippen molar-refractivity contribution in [1.82, 2.24) is 15.2 Å². The van der Waals surface area contributed by atoms with Gasteiger partial charge in [-0.05, 0) is 30.7 Å². The fraction of sp³-hybridized carbons (Fsp3) is 0.160. The molecule has 4 aromatic rings. The van der Waals surface area contributed by atoms with E-state index >= 15 is 0 Å². The van der Waals surface area contributed by atoms with Gasteiger partial charge in [0.2, 0.25) is 17.8 Å². The zero-order chi connectivity index (χ0) is 23.1. The largest absolute Gasteiger partial charge is 0.454 e. The summed E-state index contributed by atoms with van der Waals surface area (Å²) >= 11 is 5.18. The summed E-state index contributed by atoms with van der Waals surface area (Å²) in [6.45, 7) is 2.28. The Morgan fingerprint density at radius 2 is 1.82 bits per heavy atom. The molecule has 3 aromatic carbocycles. The van der Waals surface area contributed by atoms with Gasteiger partial charge in [-0.1, -0.05) is 75.7 Å². The molecule has 0 bridgehead atoms. The number of fused-ring (bicyclic) bond motifs is 4. The van der Waals surface area contributed by atoms with Gasteiger partial charge in [-0.2, -0.15) is 4.98 Å². The molecule has 0 saturated heterocycles. The minimum atomic E-state index is -0.530. The third-order valence-electron chi connectivity index (χ3n) is 5.60. The minimum Gasteiger partial charge on any atom is -0.454 e. The Bertz CT molecular complexity index is 1380. The van der Waals surface area contributed by atoms with Crippen molar-refractivity contribution in [2.45, 2.75) is 24.1 Å². The molecule has 1 N–H and O–H groups in total. The van der Waals surface area contributed by atoms with Gasteiger partial charge >= 0.3 is 0 Å². The number of hydrogen-bond donors (Lipinski definition) is 1. The third-order valence-corrected chi connectivity index (χ3v) is 7.19. The topological polar surface area (TPSA) is 78.4 Å². The van der Waals surface area contributed by atoms with E-state index in [4.69, 9.17) is 19.2 Å². The Hall–Kier alpha value is -3.30. The number of para-hydroxylation sites is 1. The van der Waals surface area contributed by atoms with Gasteiger partial charge in [-0.15, -0.1) is 10.2 Å². The first-order valence-electron chi connectivity index (χ1n) is 10.7. The first-order valence-corrected chi connectivity index (χ1v) is 12.5. The van der Waals surface area contributed by atoms with Gasteiger partial charge < -0.3 is 19.5 Å². The second-order valence-electron chi connectivity index (χ2n) is 7.94. The quantitative estimate of drug-likeness (QED) is 0.313. The molecular weight excluding hydrogens is 516 g/mol. The van der Waals surface area contributed by atoms with E-state index in [0.29, 0.717) is 28.2 Å². The number of hydrogen-bond acceptors (Lipinski definition) is 8. The molecule has 3 heterocycles. The number of anilines is 1. The molecule has 170 valence electrons. The van der Waals surface area contributed by atoms with Gasteiger partial charge in [0.25, 0.3) is 0 Å². The highest BCUT2D eigenvalue weighted by Crippen LogP contribution is 2.44. The number of ether oxygens (including phenoxy) is 3. The first-order chi connectivity index (χ1) is 16.6. The molecule has 1 aromatic heterocycles. The second-order valence-corrected chi connectivity index (χ2v) is 9.73. The maximum absolute atomic E-state index is 6.41. The molecule has 2 aliphatic rings. The molecule has 7 nitrogen and oxygen atoms in total. The zero-order valence-corrected chi connectivity index (χ0v) is 20.5. The van der Waals surface area contributed by atoms with Crippen LogP contribution in [0.4, 0.5) is 5.69 Å². The molecule has 0 aliphatic carbocycles. The van der Waals surface area contributed by atoms with Crippen LogP contribution in [0.25, 0.3) is 11.3 Å². The Labute approximate surface area is 209 Å². The molecule has 34 heavy (non-hydrogen) atoms. The van der Waals surface area contributed by atoms with Crippen LogP contribution < -0.4 is 19.5 Å². The van der Waals surface area contributed by atoms with E-state index in [2.05, 4.69) is 62.6 Å². The lowest BCUT2D eigenvalue weighted by Crippen LogP contribution is -2.17. The Balaban J connectivity index is 1.36. The summed E-state index contributed by atoms with van der Waals surface area (Å²) in [7, 11) is 0. The molecular formula is C25H19BrN4O3S. The number of aromatic nitrogens is 3. The Morgan fingerprint density at radius 1 is 1.03 bits per heavy atom. The Morgan fingerprint density at radius 3 is 2.68 bits per heavy atom. The first kappa shape index (κ1) is 21.2. The molecule has 0 unspecified atom stereocenters. The fourth-order valence-electron chi connectivity index (χ4n) is 3.82. The van der Waals surface area contributed by atoms with E-state index in [0.717, 1.165) is 27.0 Å². The number of thioether (sulfide) groups is 1. The number of halogens is 1. The number of rotatable bonds is 4. The van der Waals surface area contributed by atoms with Crippen molar-refractivity contribution >= 4 is 33.4 Å². The summed E-state index contributed by atoms with van der Waals surface area (Å²) < 4.78 is 18.3. The predicted molar refractivity (Wildman–Crippen MR) is 133 cm³/mol. The highest BCUT2D eigenvalue weighted by Gasteiger charge is 2.29. The molecule has 0 amide bonds. The van der Waals surface area contributed by atoms with E-state index in [-0.39, 0.29) is 6.79 Å². The molecule has 0 saturated carbocycles. The van der Waals surface area contributed by atoms with E-state index in [1.165, 1.54) is 22.9 Å². The predicted octanol–water partition coefficient (Wildman–Crippen LogP) is 6.13. The van der Waals surface area contributed by atoms with Gasteiger partial charge in [0, 0.05) is 27.0 Å². The lowest BCUT2D eigenvalue weighted by Gasteiger charge is -2.20. The standard InChI is InChI=1S/C25H19BrN4O3S/c1-14-6-8-15(9-7-14)12-34-25-28-24-22(29-30-25)16-4-2-3-5-19(16)27-23(33-24)17-10-20-21(11-18(17)26)32-13-31-20/h2-11,23,27H,12-13H2,1H3/t23-/m0/s1. The van der Waals surface area contributed by atoms with Crippen molar-refractivity contribution in [3.63, 3.8) is 0 Å². The number of benzene rings is 3. The minimum absolute atomic E-state index is 0.203. The number of nitrogens with zero attached hydrogens (tertiary/aromatic N) is 3.